The fourth-order valence-corrected chi connectivity index (χ4v) is 3.29. The summed E-state index contributed by atoms with van der Waals surface area (Å²) in [5.74, 6) is 0. The molecule has 3 heterocycles. The molecule has 0 saturated carbocycles. The van der Waals surface area contributed by atoms with Gasteiger partial charge < -0.3 is 0 Å². The van der Waals surface area contributed by atoms with Crippen LogP contribution in [-0.2, 0) is 13.0 Å². The van der Waals surface area contributed by atoms with Gasteiger partial charge in [-0.15, -0.1) is 0 Å². The summed E-state index contributed by atoms with van der Waals surface area (Å²) in [5, 5.41) is 1.28. The second-order valence-electron chi connectivity index (χ2n) is 5.26. The standard InChI is InChI=1S/C15H16N2/c1-2-6-14-11(4-1)8-12-10-17-7-3-5-13(17)9-15(12)16-14/h1-2,4,6,8,13H,3,5,7,9-10H2. The normalized spacial score (nSPS) is 23.6. The average Bonchev–Trinajstić information content (AvgIpc) is 2.80. The molecule has 1 fully saturated rings. The summed E-state index contributed by atoms with van der Waals surface area (Å²) in [6.07, 6.45) is 3.87. The molecule has 86 valence electrons. The van der Waals surface area contributed by atoms with E-state index in [1.54, 1.807) is 0 Å². The largest absolute Gasteiger partial charge is 0.296 e. The lowest BCUT2D eigenvalue weighted by atomic mass is 9.98. The van der Waals surface area contributed by atoms with Crippen LogP contribution in [0.25, 0.3) is 10.9 Å². The molecule has 0 aliphatic carbocycles. The predicted octanol–water partition coefficient (Wildman–Crippen LogP) is 2.76. The molecule has 0 N–H and O–H groups in total. The Kier molecular flexibility index (Phi) is 2.00. The van der Waals surface area contributed by atoms with E-state index in [1.165, 1.54) is 36.0 Å². The SMILES string of the molecule is c1ccc2nc3c(cc2c1)CN1CCCC1C3. The minimum absolute atomic E-state index is 0.760. The van der Waals surface area contributed by atoms with E-state index in [0.717, 1.165) is 24.5 Å². The van der Waals surface area contributed by atoms with Gasteiger partial charge in [-0.1, -0.05) is 18.2 Å². The summed E-state index contributed by atoms with van der Waals surface area (Å²) in [5.41, 5.74) is 3.94. The van der Waals surface area contributed by atoms with Gasteiger partial charge in [0, 0.05) is 30.1 Å². The monoisotopic (exact) mass is 224 g/mol. The molecular formula is C15H16N2. The number of hydrogen-bond donors (Lipinski definition) is 0. The van der Waals surface area contributed by atoms with Crippen LogP contribution >= 0.6 is 0 Å². The smallest absolute Gasteiger partial charge is 0.0705 e. The molecule has 17 heavy (non-hydrogen) atoms. The Labute approximate surface area is 101 Å². The predicted molar refractivity (Wildman–Crippen MR) is 68.9 cm³/mol. The van der Waals surface area contributed by atoms with Crippen molar-refractivity contribution in [2.45, 2.75) is 31.8 Å². The Morgan fingerprint density at radius 1 is 1.24 bits per heavy atom. The van der Waals surface area contributed by atoms with Gasteiger partial charge in [0.05, 0.1) is 5.52 Å². The van der Waals surface area contributed by atoms with Crippen molar-refractivity contribution in [2.24, 2.45) is 0 Å². The van der Waals surface area contributed by atoms with Gasteiger partial charge in [0.15, 0.2) is 0 Å². The van der Waals surface area contributed by atoms with E-state index in [1.807, 2.05) is 0 Å². The molecule has 2 aliphatic rings. The Hall–Kier alpha value is -1.41. The Morgan fingerprint density at radius 3 is 3.18 bits per heavy atom. The maximum atomic E-state index is 4.85. The number of benzene rings is 1. The summed E-state index contributed by atoms with van der Waals surface area (Å²) in [6.45, 7) is 2.38. The third-order valence-electron chi connectivity index (χ3n) is 4.19. The van der Waals surface area contributed by atoms with E-state index in [9.17, 15) is 0 Å². The van der Waals surface area contributed by atoms with Gasteiger partial charge in [0.2, 0.25) is 0 Å². The average molecular weight is 224 g/mol. The molecule has 1 aromatic heterocycles. The van der Waals surface area contributed by atoms with Gasteiger partial charge >= 0.3 is 0 Å². The number of para-hydroxylation sites is 1. The van der Waals surface area contributed by atoms with Gasteiger partial charge in [-0.3, -0.25) is 9.88 Å². The van der Waals surface area contributed by atoms with Crippen LogP contribution in [0.3, 0.4) is 0 Å². The van der Waals surface area contributed by atoms with E-state index in [4.69, 9.17) is 4.98 Å². The van der Waals surface area contributed by atoms with Crippen molar-refractivity contribution in [3.8, 4) is 0 Å². The maximum absolute atomic E-state index is 4.85. The summed E-state index contributed by atoms with van der Waals surface area (Å²) in [6, 6.07) is 11.6. The van der Waals surface area contributed by atoms with E-state index in [-0.39, 0.29) is 0 Å². The van der Waals surface area contributed by atoms with E-state index >= 15 is 0 Å². The van der Waals surface area contributed by atoms with Crippen molar-refractivity contribution in [2.75, 3.05) is 6.54 Å². The van der Waals surface area contributed by atoms with Gasteiger partial charge in [0.25, 0.3) is 0 Å². The van der Waals surface area contributed by atoms with Crippen LogP contribution in [0.2, 0.25) is 0 Å². The highest BCUT2D eigenvalue weighted by molar-refractivity contribution is 5.79. The molecule has 0 bridgehead atoms. The van der Waals surface area contributed by atoms with Crippen LogP contribution in [0, 0.1) is 0 Å². The molecule has 1 unspecified atom stereocenters. The first-order valence-corrected chi connectivity index (χ1v) is 6.52. The van der Waals surface area contributed by atoms with Crippen LogP contribution < -0.4 is 0 Å². The van der Waals surface area contributed by atoms with Gasteiger partial charge in [-0.05, 0) is 37.1 Å². The number of aromatic nitrogens is 1. The zero-order valence-electron chi connectivity index (χ0n) is 9.89. The molecule has 2 aliphatic heterocycles. The zero-order chi connectivity index (χ0) is 11.2. The summed E-state index contributed by atoms with van der Waals surface area (Å²) < 4.78 is 0. The summed E-state index contributed by atoms with van der Waals surface area (Å²) in [7, 11) is 0. The van der Waals surface area contributed by atoms with Crippen LogP contribution in [0.1, 0.15) is 24.1 Å². The number of rotatable bonds is 0. The highest BCUT2D eigenvalue weighted by Crippen LogP contribution is 2.30. The Balaban J connectivity index is 1.86. The quantitative estimate of drug-likeness (QED) is 0.684. The Morgan fingerprint density at radius 2 is 2.18 bits per heavy atom. The van der Waals surface area contributed by atoms with Gasteiger partial charge in [0.1, 0.15) is 0 Å². The van der Waals surface area contributed by atoms with Crippen molar-refractivity contribution in [1.82, 2.24) is 9.88 Å². The molecular weight excluding hydrogens is 208 g/mol. The molecule has 2 heteroatoms. The first-order valence-electron chi connectivity index (χ1n) is 6.52. The number of pyridine rings is 1. The minimum atomic E-state index is 0.760. The van der Waals surface area contributed by atoms with Gasteiger partial charge in [-0.25, -0.2) is 0 Å². The van der Waals surface area contributed by atoms with E-state index in [2.05, 4.69) is 35.2 Å². The molecule has 1 aromatic carbocycles. The molecule has 2 aromatic rings. The molecule has 0 spiro atoms. The van der Waals surface area contributed by atoms with Gasteiger partial charge in [-0.2, -0.15) is 0 Å². The van der Waals surface area contributed by atoms with Crippen LogP contribution in [0.4, 0.5) is 0 Å². The third kappa shape index (κ3) is 1.48. The van der Waals surface area contributed by atoms with Crippen molar-refractivity contribution in [1.29, 1.82) is 0 Å². The minimum Gasteiger partial charge on any atom is -0.296 e. The second kappa shape index (κ2) is 3.54. The summed E-state index contributed by atoms with van der Waals surface area (Å²) in [4.78, 5) is 7.47. The number of hydrogen-bond acceptors (Lipinski definition) is 2. The molecule has 4 rings (SSSR count). The van der Waals surface area contributed by atoms with E-state index < -0.39 is 0 Å². The highest BCUT2D eigenvalue weighted by atomic mass is 15.2. The molecule has 1 atom stereocenters. The first kappa shape index (κ1) is 9.60. The lowest BCUT2D eigenvalue weighted by molar-refractivity contribution is 0.225. The highest BCUT2D eigenvalue weighted by Gasteiger charge is 2.30. The second-order valence-corrected chi connectivity index (χ2v) is 5.26. The summed E-state index contributed by atoms with van der Waals surface area (Å²) >= 11 is 0. The zero-order valence-corrected chi connectivity index (χ0v) is 9.89. The van der Waals surface area contributed by atoms with Crippen molar-refractivity contribution in [3.05, 3.63) is 41.6 Å². The molecule has 2 nitrogen and oxygen atoms in total. The first-order chi connectivity index (χ1) is 8.40. The number of fused-ring (bicyclic) bond motifs is 3. The van der Waals surface area contributed by atoms with Crippen LogP contribution in [0.15, 0.2) is 30.3 Å². The molecule has 1 saturated heterocycles. The van der Waals surface area contributed by atoms with Crippen molar-refractivity contribution < 1.29 is 0 Å². The fraction of sp³-hybridized carbons (Fsp3) is 0.400. The van der Waals surface area contributed by atoms with Crippen LogP contribution in [0.5, 0.6) is 0 Å². The van der Waals surface area contributed by atoms with Crippen molar-refractivity contribution >= 4 is 10.9 Å². The topological polar surface area (TPSA) is 16.1 Å². The maximum Gasteiger partial charge on any atom is 0.0705 e. The third-order valence-corrected chi connectivity index (χ3v) is 4.19. The fourth-order valence-electron chi connectivity index (χ4n) is 3.29. The van der Waals surface area contributed by atoms with Crippen LogP contribution in [-0.4, -0.2) is 22.5 Å². The lowest BCUT2D eigenvalue weighted by Crippen LogP contribution is -2.35. The van der Waals surface area contributed by atoms with E-state index in [0.29, 0.717) is 0 Å². The lowest BCUT2D eigenvalue weighted by Gasteiger charge is -2.30. The molecule has 0 amide bonds. The Bertz CT molecular complexity index is 526. The number of nitrogens with zero attached hydrogens (tertiary/aromatic N) is 2. The molecule has 0 radical (unpaired) electrons. The van der Waals surface area contributed by atoms with Crippen molar-refractivity contribution in [3.63, 3.8) is 0 Å².